The normalized spacial score (nSPS) is 10.7. The van der Waals surface area contributed by atoms with E-state index in [1.807, 2.05) is 43.3 Å². The van der Waals surface area contributed by atoms with Crippen molar-refractivity contribution in [3.63, 3.8) is 0 Å². The third-order valence-electron chi connectivity index (χ3n) is 4.23. The van der Waals surface area contributed by atoms with Gasteiger partial charge in [0, 0.05) is 20.7 Å². The maximum absolute atomic E-state index is 12.0. The van der Waals surface area contributed by atoms with Gasteiger partial charge in [0.25, 0.3) is 0 Å². The lowest BCUT2D eigenvalue weighted by atomic mass is 10.2. The van der Waals surface area contributed by atoms with Gasteiger partial charge in [-0.05, 0) is 54.4 Å². The van der Waals surface area contributed by atoms with E-state index in [9.17, 15) is 9.59 Å². The smallest absolute Gasteiger partial charge is 0.329 e. The summed E-state index contributed by atoms with van der Waals surface area (Å²) in [5, 5.41) is 6.84. The third-order valence-corrected chi connectivity index (χ3v) is 5.17. The van der Waals surface area contributed by atoms with E-state index in [1.54, 1.807) is 30.3 Å². The minimum Gasteiger partial charge on any atom is -0.488 e. The van der Waals surface area contributed by atoms with Crippen LogP contribution >= 0.6 is 27.5 Å². The first-order chi connectivity index (χ1) is 14.9. The van der Waals surface area contributed by atoms with E-state index in [1.165, 1.54) is 6.21 Å². The number of carbonyl (C=O) groups excluding carboxylic acids is 2. The van der Waals surface area contributed by atoms with Gasteiger partial charge in [0.2, 0.25) is 0 Å². The zero-order chi connectivity index (χ0) is 22.2. The number of hydrogen-bond acceptors (Lipinski definition) is 4. The number of nitrogens with zero attached hydrogens (tertiary/aromatic N) is 1. The van der Waals surface area contributed by atoms with E-state index in [-0.39, 0.29) is 0 Å². The molecule has 158 valence electrons. The summed E-state index contributed by atoms with van der Waals surface area (Å²) in [5.41, 5.74) is 5.17. The summed E-state index contributed by atoms with van der Waals surface area (Å²) < 4.78 is 6.85. The van der Waals surface area contributed by atoms with Gasteiger partial charge in [0.05, 0.1) is 6.21 Å². The third kappa shape index (κ3) is 6.67. The highest BCUT2D eigenvalue weighted by atomic mass is 79.9. The molecule has 0 aliphatic carbocycles. The molecule has 8 heteroatoms. The monoisotopic (exact) mass is 499 g/mol. The second-order valence-electron chi connectivity index (χ2n) is 6.57. The van der Waals surface area contributed by atoms with Crippen LogP contribution in [0.15, 0.2) is 76.3 Å². The van der Waals surface area contributed by atoms with Crippen LogP contribution in [-0.2, 0) is 16.2 Å². The number of carbonyl (C=O) groups is 2. The van der Waals surface area contributed by atoms with Gasteiger partial charge in [-0.15, -0.1) is 0 Å². The Morgan fingerprint density at radius 1 is 1.06 bits per heavy atom. The zero-order valence-corrected chi connectivity index (χ0v) is 18.9. The lowest BCUT2D eigenvalue weighted by Crippen LogP contribution is -2.32. The van der Waals surface area contributed by atoms with Crippen molar-refractivity contribution < 1.29 is 14.3 Å². The summed E-state index contributed by atoms with van der Waals surface area (Å²) >= 11 is 9.43. The molecular formula is C23H19BrClN3O3. The van der Waals surface area contributed by atoms with Crippen LogP contribution < -0.4 is 15.5 Å². The van der Waals surface area contributed by atoms with Crippen molar-refractivity contribution >= 4 is 51.2 Å². The van der Waals surface area contributed by atoms with Gasteiger partial charge in [0.15, 0.2) is 0 Å². The van der Waals surface area contributed by atoms with Gasteiger partial charge in [-0.1, -0.05) is 57.9 Å². The molecule has 3 rings (SSSR count). The molecule has 0 saturated heterocycles. The van der Waals surface area contributed by atoms with Crippen molar-refractivity contribution in [3.8, 4) is 5.75 Å². The summed E-state index contributed by atoms with van der Waals surface area (Å²) in [6.45, 7) is 2.22. The Labute approximate surface area is 193 Å². The van der Waals surface area contributed by atoms with Crippen molar-refractivity contribution in [3.05, 3.63) is 92.9 Å². The molecule has 0 unspecified atom stereocenters. The highest BCUT2D eigenvalue weighted by Gasteiger charge is 2.13. The Morgan fingerprint density at radius 3 is 2.55 bits per heavy atom. The average molecular weight is 501 g/mol. The van der Waals surface area contributed by atoms with Gasteiger partial charge in [0.1, 0.15) is 12.4 Å². The molecule has 2 N–H and O–H groups in total. The summed E-state index contributed by atoms with van der Waals surface area (Å²) in [4.78, 5) is 24.0. The molecule has 0 heterocycles. The number of hydrogen-bond donors (Lipinski definition) is 2. The molecule has 0 aliphatic heterocycles. The molecule has 0 spiro atoms. The van der Waals surface area contributed by atoms with Crippen LogP contribution in [0.5, 0.6) is 5.75 Å². The van der Waals surface area contributed by atoms with Gasteiger partial charge >= 0.3 is 11.8 Å². The predicted octanol–water partition coefficient (Wildman–Crippen LogP) is 5.08. The predicted molar refractivity (Wildman–Crippen MR) is 125 cm³/mol. The van der Waals surface area contributed by atoms with Gasteiger partial charge < -0.3 is 10.1 Å². The maximum atomic E-state index is 12.0. The molecule has 0 atom stereocenters. The number of aryl methyl sites for hydroxylation is 1. The number of rotatable bonds is 6. The zero-order valence-electron chi connectivity index (χ0n) is 16.6. The summed E-state index contributed by atoms with van der Waals surface area (Å²) in [6, 6.07) is 20.0. The lowest BCUT2D eigenvalue weighted by molar-refractivity contribution is -0.136. The van der Waals surface area contributed by atoms with Crippen molar-refractivity contribution in [2.45, 2.75) is 13.5 Å². The Hall–Kier alpha value is -3.16. The minimum absolute atomic E-state index is 0.381. The number of anilines is 1. The number of halogens is 2. The minimum atomic E-state index is -0.902. The van der Waals surface area contributed by atoms with Crippen LogP contribution in [0.25, 0.3) is 0 Å². The Kier molecular flexibility index (Phi) is 7.81. The van der Waals surface area contributed by atoms with Crippen molar-refractivity contribution in [2.24, 2.45) is 5.10 Å². The summed E-state index contributed by atoms with van der Waals surface area (Å²) in [5.74, 6) is -1.15. The largest absolute Gasteiger partial charge is 0.488 e. The van der Waals surface area contributed by atoms with Crippen molar-refractivity contribution in [1.29, 1.82) is 0 Å². The fourth-order valence-corrected chi connectivity index (χ4v) is 2.97. The number of hydrazone groups is 1. The summed E-state index contributed by atoms with van der Waals surface area (Å²) in [6.07, 6.45) is 1.42. The molecule has 0 bridgehead atoms. The number of para-hydroxylation sites is 1. The van der Waals surface area contributed by atoms with Crippen LogP contribution in [0, 0.1) is 6.92 Å². The van der Waals surface area contributed by atoms with Crippen molar-refractivity contribution in [1.82, 2.24) is 5.43 Å². The Bertz CT molecular complexity index is 1120. The Balaban J connectivity index is 1.57. The average Bonchev–Trinajstić information content (AvgIpc) is 2.76. The first-order valence-electron chi connectivity index (χ1n) is 9.29. The van der Waals surface area contributed by atoms with Crippen LogP contribution in [0.1, 0.15) is 16.7 Å². The van der Waals surface area contributed by atoms with E-state index in [2.05, 4.69) is 31.8 Å². The fourth-order valence-electron chi connectivity index (χ4n) is 2.53. The van der Waals surface area contributed by atoms with Crippen molar-refractivity contribution in [2.75, 3.05) is 5.32 Å². The van der Waals surface area contributed by atoms with Gasteiger partial charge in [-0.3, -0.25) is 9.59 Å². The number of amides is 2. The van der Waals surface area contributed by atoms with E-state index in [0.717, 1.165) is 15.6 Å². The summed E-state index contributed by atoms with van der Waals surface area (Å²) in [7, 11) is 0. The second-order valence-corrected chi connectivity index (χ2v) is 7.89. The quantitative estimate of drug-likeness (QED) is 0.281. The first-order valence-corrected chi connectivity index (χ1v) is 10.5. The topological polar surface area (TPSA) is 79.8 Å². The molecule has 2 amide bonds. The van der Waals surface area contributed by atoms with Gasteiger partial charge in [-0.2, -0.15) is 5.10 Å². The van der Waals surface area contributed by atoms with Crippen LogP contribution in [-0.4, -0.2) is 18.0 Å². The molecule has 31 heavy (non-hydrogen) atoms. The highest BCUT2D eigenvalue weighted by Crippen LogP contribution is 2.20. The SMILES string of the molecule is Cc1ccc(NC(=O)C(=O)NN=Cc2ccccc2OCc2ccc(Br)cc2)cc1Cl. The fraction of sp³-hybridized carbons (Fsp3) is 0.0870. The molecule has 0 aromatic heterocycles. The Morgan fingerprint density at radius 2 is 1.81 bits per heavy atom. The number of ether oxygens (including phenoxy) is 1. The van der Waals surface area contributed by atoms with E-state index in [0.29, 0.717) is 28.6 Å². The number of benzene rings is 3. The lowest BCUT2D eigenvalue weighted by Gasteiger charge is -2.09. The molecule has 0 saturated carbocycles. The molecule has 3 aromatic carbocycles. The van der Waals surface area contributed by atoms with Crippen LogP contribution in [0.3, 0.4) is 0 Å². The van der Waals surface area contributed by atoms with E-state index >= 15 is 0 Å². The van der Waals surface area contributed by atoms with Gasteiger partial charge in [-0.25, -0.2) is 5.43 Å². The molecule has 3 aromatic rings. The van der Waals surface area contributed by atoms with E-state index < -0.39 is 11.8 Å². The molecule has 0 radical (unpaired) electrons. The molecular weight excluding hydrogens is 482 g/mol. The first kappa shape index (κ1) is 22.5. The standard InChI is InChI=1S/C23H19BrClN3O3/c1-15-6-11-19(12-20(15)25)27-22(29)23(30)28-26-13-17-4-2-3-5-21(17)31-14-16-7-9-18(24)10-8-16/h2-13H,14H2,1H3,(H,27,29)(H,28,30). The van der Waals surface area contributed by atoms with Crippen LogP contribution in [0.4, 0.5) is 5.69 Å². The maximum Gasteiger partial charge on any atom is 0.329 e. The highest BCUT2D eigenvalue weighted by molar-refractivity contribution is 9.10. The molecule has 0 aliphatic rings. The number of nitrogens with one attached hydrogen (secondary N) is 2. The molecule has 0 fully saturated rings. The van der Waals surface area contributed by atoms with E-state index in [4.69, 9.17) is 16.3 Å². The molecule has 6 nitrogen and oxygen atoms in total. The van der Waals surface area contributed by atoms with Crippen LogP contribution in [0.2, 0.25) is 5.02 Å². The second kappa shape index (κ2) is 10.7.